The maximum atomic E-state index is 13.9. The topological polar surface area (TPSA) is 66.0 Å². The van der Waals surface area contributed by atoms with Crippen LogP contribution in [0.2, 0.25) is 0 Å². The predicted molar refractivity (Wildman–Crippen MR) is 102 cm³/mol. The van der Waals surface area contributed by atoms with E-state index in [9.17, 15) is 22.0 Å². The zero-order valence-electron chi connectivity index (χ0n) is 16.7. The first kappa shape index (κ1) is 21.9. The highest BCUT2D eigenvalue weighted by molar-refractivity contribution is 5.32. The van der Waals surface area contributed by atoms with Crippen molar-refractivity contribution in [3.8, 4) is 6.07 Å². The van der Waals surface area contributed by atoms with Gasteiger partial charge in [-0.1, -0.05) is 17.3 Å². The molecule has 0 amide bonds. The summed E-state index contributed by atoms with van der Waals surface area (Å²) < 4.78 is 73.0. The quantitative estimate of drug-likeness (QED) is 0.324. The molecule has 0 radical (unpaired) electrons. The highest BCUT2D eigenvalue weighted by Crippen LogP contribution is 2.29. The molecule has 1 fully saturated rings. The van der Waals surface area contributed by atoms with Gasteiger partial charge in [0.25, 0.3) is 0 Å². The fraction of sp³-hybridized carbons (Fsp3) is 0.318. The summed E-state index contributed by atoms with van der Waals surface area (Å²) in [6, 6.07) is 9.50. The number of rotatable bonds is 5. The average molecular weight is 448 g/mol. The third-order valence-electron chi connectivity index (χ3n) is 5.52. The molecule has 2 heterocycles. The number of nitriles is 1. The summed E-state index contributed by atoms with van der Waals surface area (Å²) >= 11 is 0. The maximum Gasteiger partial charge on any atom is 0.229 e. The minimum Gasteiger partial charge on any atom is -0.339 e. The Balaban J connectivity index is 1.40. The molecule has 5 nitrogen and oxygen atoms in total. The SMILES string of the molecule is N#Cc1cccc(CN2CCC(c3nc(Cc4c(F)c(F)c(F)c(F)c4F)no3)CC2)c1. The van der Waals surface area contributed by atoms with Crippen molar-refractivity contribution in [2.75, 3.05) is 13.1 Å². The van der Waals surface area contributed by atoms with Crippen LogP contribution in [0.3, 0.4) is 0 Å². The first-order valence-corrected chi connectivity index (χ1v) is 9.91. The second-order valence-electron chi connectivity index (χ2n) is 7.64. The Labute approximate surface area is 180 Å². The molecule has 10 heteroatoms. The minimum absolute atomic E-state index is 0.0747. The average Bonchev–Trinajstić information content (AvgIpc) is 3.28. The number of halogens is 5. The molecule has 32 heavy (non-hydrogen) atoms. The number of hydrogen-bond donors (Lipinski definition) is 0. The Bertz CT molecular complexity index is 1150. The van der Waals surface area contributed by atoms with E-state index in [4.69, 9.17) is 9.78 Å². The van der Waals surface area contributed by atoms with Crippen LogP contribution in [0.5, 0.6) is 0 Å². The monoisotopic (exact) mass is 448 g/mol. The van der Waals surface area contributed by atoms with Crippen molar-refractivity contribution >= 4 is 0 Å². The highest BCUT2D eigenvalue weighted by Gasteiger charge is 2.28. The standard InChI is InChI=1S/C22H17F5N4O/c23-17-15(18(24)20(26)21(27)19(17)25)9-16-29-22(32-30-16)14-4-6-31(7-5-14)11-13-3-1-2-12(8-13)10-28/h1-3,8,14H,4-7,9,11H2. The number of piperidine rings is 1. The van der Waals surface area contributed by atoms with E-state index < -0.39 is 41.1 Å². The molecule has 0 spiro atoms. The second kappa shape index (κ2) is 9.04. The number of benzene rings is 2. The molecular formula is C22H17F5N4O. The van der Waals surface area contributed by atoms with E-state index in [1.54, 1.807) is 6.07 Å². The summed E-state index contributed by atoms with van der Waals surface area (Å²) in [5.41, 5.74) is 0.637. The molecule has 0 N–H and O–H groups in total. The van der Waals surface area contributed by atoms with Gasteiger partial charge in [-0.15, -0.1) is 0 Å². The molecule has 1 saturated heterocycles. The first-order valence-electron chi connectivity index (χ1n) is 9.91. The van der Waals surface area contributed by atoms with Crippen LogP contribution in [0.1, 0.15) is 47.2 Å². The molecule has 3 aromatic rings. The Morgan fingerprint density at radius 1 is 1.00 bits per heavy atom. The normalized spacial score (nSPS) is 15.1. The van der Waals surface area contributed by atoms with E-state index in [1.165, 1.54) is 0 Å². The second-order valence-corrected chi connectivity index (χ2v) is 7.64. The van der Waals surface area contributed by atoms with E-state index in [2.05, 4.69) is 21.1 Å². The van der Waals surface area contributed by atoms with Crippen molar-refractivity contribution in [1.82, 2.24) is 15.0 Å². The number of hydrogen-bond acceptors (Lipinski definition) is 5. The Morgan fingerprint density at radius 2 is 1.66 bits per heavy atom. The Hall–Kier alpha value is -3.32. The lowest BCUT2D eigenvalue weighted by atomic mass is 9.96. The van der Waals surface area contributed by atoms with Crippen LogP contribution in [0.25, 0.3) is 0 Å². The van der Waals surface area contributed by atoms with Crippen LogP contribution < -0.4 is 0 Å². The summed E-state index contributed by atoms with van der Waals surface area (Å²) in [5, 5.41) is 12.7. The lowest BCUT2D eigenvalue weighted by Gasteiger charge is -2.30. The smallest absolute Gasteiger partial charge is 0.229 e. The zero-order valence-corrected chi connectivity index (χ0v) is 16.7. The molecule has 4 rings (SSSR count). The number of likely N-dealkylation sites (tertiary alicyclic amines) is 1. The van der Waals surface area contributed by atoms with Gasteiger partial charge >= 0.3 is 0 Å². The van der Waals surface area contributed by atoms with Gasteiger partial charge in [0, 0.05) is 24.4 Å². The molecule has 0 unspecified atom stereocenters. The summed E-state index contributed by atoms with van der Waals surface area (Å²) in [7, 11) is 0. The van der Waals surface area contributed by atoms with Crippen LogP contribution in [0.15, 0.2) is 28.8 Å². The van der Waals surface area contributed by atoms with Crippen molar-refractivity contribution in [2.24, 2.45) is 0 Å². The number of nitrogens with zero attached hydrogens (tertiary/aromatic N) is 4. The van der Waals surface area contributed by atoms with Crippen LogP contribution >= 0.6 is 0 Å². The Morgan fingerprint density at radius 3 is 2.31 bits per heavy atom. The zero-order chi connectivity index (χ0) is 22.8. The molecule has 0 saturated carbocycles. The van der Waals surface area contributed by atoms with Gasteiger partial charge in [0.15, 0.2) is 29.1 Å². The number of aromatic nitrogens is 2. The van der Waals surface area contributed by atoms with Gasteiger partial charge in [0.1, 0.15) is 0 Å². The van der Waals surface area contributed by atoms with Crippen LogP contribution in [0.4, 0.5) is 22.0 Å². The third-order valence-corrected chi connectivity index (χ3v) is 5.52. The highest BCUT2D eigenvalue weighted by atomic mass is 19.2. The van der Waals surface area contributed by atoms with Crippen molar-refractivity contribution in [3.05, 3.63) is 81.8 Å². The van der Waals surface area contributed by atoms with E-state index in [1.807, 2.05) is 18.2 Å². The van der Waals surface area contributed by atoms with Gasteiger partial charge < -0.3 is 4.52 Å². The van der Waals surface area contributed by atoms with Crippen molar-refractivity contribution in [1.29, 1.82) is 5.26 Å². The first-order chi connectivity index (χ1) is 15.4. The van der Waals surface area contributed by atoms with Gasteiger partial charge in [0.05, 0.1) is 11.6 Å². The van der Waals surface area contributed by atoms with Crippen LogP contribution in [0, 0.1) is 40.4 Å². The molecule has 0 aliphatic carbocycles. The third kappa shape index (κ3) is 4.34. The van der Waals surface area contributed by atoms with Gasteiger partial charge in [-0.2, -0.15) is 10.2 Å². The largest absolute Gasteiger partial charge is 0.339 e. The predicted octanol–water partition coefficient (Wildman–Crippen LogP) is 4.61. The molecule has 2 aromatic carbocycles. The maximum absolute atomic E-state index is 13.9. The molecule has 1 aliphatic rings. The van der Waals surface area contributed by atoms with Gasteiger partial charge in [0.2, 0.25) is 11.7 Å². The molecule has 1 aliphatic heterocycles. The molecule has 1 aromatic heterocycles. The van der Waals surface area contributed by atoms with Gasteiger partial charge in [-0.3, -0.25) is 4.90 Å². The minimum atomic E-state index is -2.20. The molecule has 0 bridgehead atoms. The van der Waals surface area contributed by atoms with E-state index in [0.717, 1.165) is 18.7 Å². The fourth-order valence-electron chi connectivity index (χ4n) is 3.80. The van der Waals surface area contributed by atoms with E-state index >= 15 is 0 Å². The van der Waals surface area contributed by atoms with Crippen molar-refractivity contribution < 1.29 is 26.5 Å². The van der Waals surface area contributed by atoms with E-state index in [-0.39, 0.29) is 17.6 Å². The molecule has 166 valence electrons. The van der Waals surface area contributed by atoms with E-state index in [0.29, 0.717) is 24.9 Å². The van der Waals surface area contributed by atoms with Crippen molar-refractivity contribution in [2.45, 2.75) is 31.7 Å². The molecule has 0 atom stereocenters. The summed E-state index contributed by atoms with van der Waals surface area (Å²) in [4.78, 5) is 6.34. The lowest BCUT2D eigenvalue weighted by Crippen LogP contribution is -2.32. The summed E-state index contributed by atoms with van der Waals surface area (Å²) in [5.74, 6) is -9.97. The lowest BCUT2D eigenvalue weighted by molar-refractivity contribution is 0.187. The van der Waals surface area contributed by atoms with Gasteiger partial charge in [-0.25, -0.2) is 22.0 Å². The summed E-state index contributed by atoms with van der Waals surface area (Å²) in [6.07, 6.45) is 0.716. The van der Waals surface area contributed by atoms with Crippen molar-refractivity contribution in [3.63, 3.8) is 0 Å². The van der Waals surface area contributed by atoms with Crippen LogP contribution in [-0.4, -0.2) is 28.1 Å². The fourth-order valence-corrected chi connectivity index (χ4v) is 3.80. The molecular weight excluding hydrogens is 431 g/mol. The Kier molecular flexibility index (Phi) is 6.19. The van der Waals surface area contributed by atoms with Gasteiger partial charge in [-0.05, 0) is 43.6 Å². The van der Waals surface area contributed by atoms with Crippen LogP contribution in [-0.2, 0) is 13.0 Å². The summed E-state index contributed by atoms with van der Waals surface area (Å²) in [6.45, 7) is 2.16.